The molecule has 94 valence electrons. The molecule has 0 spiro atoms. The van der Waals surface area contributed by atoms with E-state index in [2.05, 4.69) is 10.1 Å². The highest BCUT2D eigenvalue weighted by molar-refractivity contribution is 6.30. The van der Waals surface area contributed by atoms with Crippen LogP contribution in [0, 0.1) is 0 Å². The second-order valence-corrected chi connectivity index (χ2v) is 4.49. The van der Waals surface area contributed by atoms with Gasteiger partial charge >= 0.3 is 0 Å². The molecule has 0 saturated carbocycles. The van der Waals surface area contributed by atoms with Crippen LogP contribution in [0.15, 0.2) is 53.6 Å². The maximum Gasteiger partial charge on any atom is 0.207 e. The summed E-state index contributed by atoms with van der Waals surface area (Å²) in [5.41, 5.74) is 1.57. The van der Waals surface area contributed by atoms with Crippen LogP contribution in [0.1, 0.15) is 5.56 Å². The molecule has 0 aliphatic rings. The van der Waals surface area contributed by atoms with Crippen molar-refractivity contribution in [2.45, 2.75) is 6.54 Å². The molecule has 0 unspecified atom stereocenters. The molecule has 1 aromatic carbocycles. The zero-order chi connectivity index (χ0) is 13.2. The standard InChI is InChI=1S/C14H10ClN3O/c15-14-10(4-3-7-16-14)9-18-12-6-2-1-5-11(12)13(19)8-17-18/h1-8H,9H2. The fraction of sp³-hybridized carbons (Fsp3) is 0.0714. The first kappa shape index (κ1) is 11.9. The molecule has 0 radical (unpaired) electrons. The van der Waals surface area contributed by atoms with Crippen LogP contribution in [-0.2, 0) is 6.54 Å². The van der Waals surface area contributed by atoms with Crippen LogP contribution in [0.4, 0.5) is 0 Å². The van der Waals surface area contributed by atoms with Gasteiger partial charge < -0.3 is 0 Å². The number of hydrogen-bond donors (Lipinski definition) is 0. The molecule has 2 aromatic heterocycles. The highest BCUT2D eigenvalue weighted by Gasteiger charge is 2.06. The minimum Gasteiger partial charge on any atom is -0.287 e. The molecule has 19 heavy (non-hydrogen) atoms. The predicted octanol–water partition coefficient (Wildman–Crippen LogP) is 2.49. The first-order valence-electron chi connectivity index (χ1n) is 5.80. The fourth-order valence-electron chi connectivity index (χ4n) is 1.99. The van der Waals surface area contributed by atoms with Crippen LogP contribution in [-0.4, -0.2) is 14.8 Å². The van der Waals surface area contributed by atoms with E-state index in [1.54, 1.807) is 16.9 Å². The Labute approximate surface area is 114 Å². The highest BCUT2D eigenvalue weighted by atomic mass is 35.5. The minimum atomic E-state index is -0.0795. The molecule has 0 bridgehead atoms. The number of fused-ring (bicyclic) bond motifs is 1. The Hall–Kier alpha value is -2.20. The first-order valence-corrected chi connectivity index (χ1v) is 6.18. The number of benzene rings is 1. The van der Waals surface area contributed by atoms with Crippen molar-refractivity contribution in [1.29, 1.82) is 0 Å². The molecule has 0 aliphatic heterocycles. The van der Waals surface area contributed by atoms with Crippen molar-refractivity contribution >= 4 is 22.5 Å². The molecule has 0 fully saturated rings. The van der Waals surface area contributed by atoms with Crippen molar-refractivity contribution in [3.05, 3.63) is 69.7 Å². The lowest BCUT2D eigenvalue weighted by atomic mass is 10.2. The van der Waals surface area contributed by atoms with Crippen molar-refractivity contribution in [2.24, 2.45) is 0 Å². The Morgan fingerprint density at radius 1 is 1.16 bits per heavy atom. The number of para-hydroxylation sites is 1. The largest absolute Gasteiger partial charge is 0.287 e. The average molecular weight is 272 g/mol. The molecular weight excluding hydrogens is 262 g/mol. The minimum absolute atomic E-state index is 0.0795. The van der Waals surface area contributed by atoms with E-state index in [9.17, 15) is 4.79 Å². The van der Waals surface area contributed by atoms with Gasteiger partial charge in [-0.15, -0.1) is 0 Å². The lowest BCUT2D eigenvalue weighted by molar-refractivity contribution is 0.693. The Bertz CT molecular complexity index is 798. The van der Waals surface area contributed by atoms with E-state index < -0.39 is 0 Å². The molecule has 3 aromatic rings. The number of halogens is 1. The van der Waals surface area contributed by atoms with Crippen LogP contribution in [0.3, 0.4) is 0 Å². The van der Waals surface area contributed by atoms with Crippen molar-refractivity contribution in [3.8, 4) is 0 Å². The molecule has 2 heterocycles. The van der Waals surface area contributed by atoms with Crippen LogP contribution in [0.2, 0.25) is 5.15 Å². The van der Waals surface area contributed by atoms with E-state index in [1.807, 2.05) is 30.3 Å². The normalized spacial score (nSPS) is 10.8. The van der Waals surface area contributed by atoms with Gasteiger partial charge in [-0.25, -0.2) is 4.98 Å². The lowest BCUT2D eigenvalue weighted by Gasteiger charge is -2.09. The summed E-state index contributed by atoms with van der Waals surface area (Å²) in [5.74, 6) is 0. The number of nitrogens with zero attached hydrogens (tertiary/aromatic N) is 3. The summed E-state index contributed by atoms with van der Waals surface area (Å²) in [7, 11) is 0. The second-order valence-electron chi connectivity index (χ2n) is 4.14. The smallest absolute Gasteiger partial charge is 0.207 e. The summed E-state index contributed by atoms with van der Waals surface area (Å²) in [4.78, 5) is 15.8. The summed E-state index contributed by atoms with van der Waals surface area (Å²) in [6.45, 7) is 0.480. The van der Waals surface area contributed by atoms with Gasteiger partial charge in [0.15, 0.2) is 0 Å². The van der Waals surface area contributed by atoms with E-state index in [-0.39, 0.29) is 5.43 Å². The van der Waals surface area contributed by atoms with Gasteiger partial charge in [-0.1, -0.05) is 29.8 Å². The molecule has 0 atom stereocenters. The summed E-state index contributed by atoms with van der Waals surface area (Å²) in [6.07, 6.45) is 2.97. The number of pyridine rings is 1. The Balaban J connectivity index is 2.14. The van der Waals surface area contributed by atoms with Crippen LogP contribution < -0.4 is 5.43 Å². The molecule has 0 amide bonds. The van der Waals surface area contributed by atoms with E-state index in [4.69, 9.17) is 11.6 Å². The van der Waals surface area contributed by atoms with Crippen molar-refractivity contribution in [2.75, 3.05) is 0 Å². The van der Waals surface area contributed by atoms with Gasteiger partial charge in [-0.05, 0) is 18.2 Å². The van der Waals surface area contributed by atoms with Gasteiger partial charge in [-0.2, -0.15) is 5.10 Å². The Morgan fingerprint density at radius 3 is 2.84 bits per heavy atom. The van der Waals surface area contributed by atoms with Gasteiger partial charge in [-0.3, -0.25) is 9.48 Å². The van der Waals surface area contributed by atoms with Crippen LogP contribution in [0.5, 0.6) is 0 Å². The third-order valence-corrected chi connectivity index (χ3v) is 3.26. The molecular formula is C14H10ClN3O. The maximum absolute atomic E-state index is 11.7. The van der Waals surface area contributed by atoms with Crippen molar-refractivity contribution in [1.82, 2.24) is 14.8 Å². The van der Waals surface area contributed by atoms with E-state index in [1.165, 1.54) is 6.20 Å². The van der Waals surface area contributed by atoms with E-state index in [0.717, 1.165) is 11.1 Å². The summed E-state index contributed by atoms with van der Waals surface area (Å²) >= 11 is 6.04. The summed E-state index contributed by atoms with van der Waals surface area (Å²) in [5, 5.41) is 5.26. The van der Waals surface area contributed by atoms with Crippen LogP contribution >= 0.6 is 11.6 Å². The summed E-state index contributed by atoms with van der Waals surface area (Å²) < 4.78 is 1.75. The monoisotopic (exact) mass is 271 g/mol. The number of aromatic nitrogens is 3. The zero-order valence-electron chi connectivity index (χ0n) is 9.95. The second kappa shape index (κ2) is 4.82. The summed E-state index contributed by atoms with van der Waals surface area (Å²) in [6, 6.07) is 11.1. The van der Waals surface area contributed by atoms with Crippen LogP contribution in [0.25, 0.3) is 10.9 Å². The molecule has 3 rings (SSSR count). The lowest BCUT2D eigenvalue weighted by Crippen LogP contribution is -2.13. The maximum atomic E-state index is 11.7. The Morgan fingerprint density at radius 2 is 2.00 bits per heavy atom. The number of hydrogen-bond acceptors (Lipinski definition) is 3. The van der Waals surface area contributed by atoms with Gasteiger partial charge in [0.2, 0.25) is 5.43 Å². The van der Waals surface area contributed by atoms with E-state index >= 15 is 0 Å². The van der Waals surface area contributed by atoms with Gasteiger partial charge in [0, 0.05) is 17.1 Å². The molecule has 0 saturated heterocycles. The zero-order valence-corrected chi connectivity index (χ0v) is 10.7. The van der Waals surface area contributed by atoms with Crippen molar-refractivity contribution in [3.63, 3.8) is 0 Å². The molecule has 5 heteroatoms. The predicted molar refractivity (Wildman–Crippen MR) is 74.4 cm³/mol. The van der Waals surface area contributed by atoms with Gasteiger partial charge in [0.05, 0.1) is 18.3 Å². The van der Waals surface area contributed by atoms with E-state index in [0.29, 0.717) is 17.1 Å². The fourth-order valence-corrected chi connectivity index (χ4v) is 2.16. The SMILES string of the molecule is O=c1cnn(Cc2cccnc2Cl)c2ccccc12. The highest BCUT2D eigenvalue weighted by Crippen LogP contribution is 2.15. The molecule has 0 aliphatic carbocycles. The van der Waals surface area contributed by atoms with Gasteiger partial charge in [0.25, 0.3) is 0 Å². The molecule has 4 nitrogen and oxygen atoms in total. The van der Waals surface area contributed by atoms with Crippen molar-refractivity contribution < 1.29 is 0 Å². The quantitative estimate of drug-likeness (QED) is 0.673. The molecule has 0 N–H and O–H groups in total. The first-order chi connectivity index (χ1) is 9.25. The number of rotatable bonds is 2. The average Bonchev–Trinajstić information content (AvgIpc) is 2.44. The Kier molecular flexibility index (Phi) is 3.01. The topological polar surface area (TPSA) is 47.8 Å². The third kappa shape index (κ3) is 2.22. The van der Waals surface area contributed by atoms with Gasteiger partial charge in [0.1, 0.15) is 5.15 Å². The third-order valence-electron chi connectivity index (χ3n) is 2.92.